The van der Waals surface area contributed by atoms with E-state index in [9.17, 15) is 14.0 Å². The fraction of sp³-hybridized carbons (Fsp3) is 0.391. The highest BCUT2D eigenvalue weighted by Gasteiger charge is 2.44. The molecule has 2 aromatic rings. The molecule has 29 heavy (non-hydrogen) atoms. The minimum Gasteiger partial charge on any atom is -0.497 e. The number of hydrogen-bond acceptors (Lipinski definition) is 3. The van der Waals surface area contributed by atoms with E-state index in [1.165, 1.54) is 12.1 Å². The molecule has 1 aliphatic rings. The summed E-state index contributed by atoms with van der Waals surface area (Å²) < 4.78 is 18.3. The Morgan fingerprint density at radius 3 is 2.48 bits per heavy atom. The molecule has 5 nitrogen and oxygen atoms in total. The first-order valence-corrected chi connectivity index (χ1v) is 9.99. The molecular formula is C23H27FN2O3. The molecule has 0 spiro atoms. The van der Waals surface area contributed by atoms with Crippen LogP contribution in [0.4, 0.5) is 4.39 Å². The number of rotatable bonds is 8. The molecule has 2 atom stereocenters. The van der Waals surface area contributed by atoms with Gasteiger partial charge >= 0.3 is 0 Å². The van der Waals surface area contributed by atoms with Crippen molar-refractivity contribution >= 4 is 11.8 Å². The first-order chi connectivity index (χ1) is 14.0. The molecule has 3 rings (SSSR count). The molecule has 1 fully saturated rings. The van der Waals surface area contributed by atoms with Crippen molar-refractivity contribution in [1.29, 1.82) is 0 Å². The summed E-state index contributed by atoms with van der Waals surface area (Å²) in [6, 6.07) is 13.3. The normalized spacial score (nSPS) is 18.7. The van der Waals surface area contributed by atoms with Gasteiger partial charge in [0.2, 0.25) is 11.8 Å². The van der Waals surface area contributed by atoms with Crippen LogP contribution in [0, 0.1) is 11.7 Å². The lowest BCUT2D eigenvalue weighted by Crippen LogP contribution is -2.35. The van der Waals surface area contributed by atoms with Crippen molar-refractivity contribution in [3.05, 3.63) is 65.5 Å². The number of nitrogens with zero attached hydrogens (tertiary/aromatic N) is 1. The van der Waals surface area contributed by atoms with E-state index in [1.54, 1.807) is 19.2 Å². The highest BCUT2D eigenvalue weighted by molar-refractivity contribution is 5.90. The maximum Gasteiger partial charge on any atom is 0.226 e. The first kappa shape index (κ1) is 20.8. The van der Waals surface area contributed by atoms with Crippen LogP contribution in [0.25, 0.3) is 0 Å². The van der Waals surface area contributed by atoms with Crippen molar-refractivity contribution in [3.63, 3.8) is 0 Å². The van der Waals surface area contributed by atoms with Gasteiger partial charge in [0.1, 0.15) is 11.6 Å². The monoisotopic (exact) mass is 398 g/mol. The van der Waals surface area contributed by atoms with E-state index >= 15 is 0 Å². The number of likely N-dealkylation sites (tertiary alicyclic amines) is 1. The van der Waals surface area contributed by atoms with E-state index < -0.39 is 5.92 Å². The highest BCUT2D eigenvalue weighted by atomic mass is 19.1. The molecule has 0 saturated carbocycles. The number of halogens is 1. The van der Waals surface area contributed by atoms with Gasteiger partial charge in [-0.25, -0.2) is 4.39 Å². The number of ether oxygens (including phenoxy) is 1. The fourth-order valence-corrected chi connectivity index (χ4v) is 3.75. The van der Waals surface area contributed by atoms with Crippen molar-refractivity contribution in [3.8, 4) is 5.75 Å². The third-order valence-electron chi connectivity index (χ3n) is 5.36. The van der Waals surface area contributed by atoms with Crippen LogP contribution in [-0.2, 0) is 16.1 Å². The van der Waals surface area contributed by atoms with E-state index in [1.807, 2.05) is 29.2 Å². The summed E-state index contributed by atoms with van der Waals surface area (Å²) in [5, 5.41) is 2.91. The summed E-state index contributed by atoms with van der Waals surface area (Å²) in [5.41, 5.74) is 1.74. The average molecular weight is 398 g/mol. The molecule has 2 amide bonds. The van der Waals surface area contributed by atoms with Crippen LogP contribution in [0.1, 0.15) is 43.4 Å². The van der Waals surface area contributed by atoms with E-state index in [0.717, 1.165) is 29.7 Å². The van der Waals surface area contributed by atoms with Crippen LogP contribution < -0.4 is 10.1 Å². The second-order valence-corrected chi connectivity index (χ2v) is 7.31. The van der Waals surface area contributed by atoms with Gasteiger partial charge < -0.3 is 15.0 Å². The van der Waals surface area contributed by atoms with Gasteiger partial charge in [-0.2, -0.15) is 0 Å². The van der Waals surface area contributed by atoms with Gasteiger partial charge in [0.05, 0.1) is 19.1 Å². The molecule has 1 heterocycles. The van der Waals surface area contributed by atoms with Gasteiger partial charge in [0.25, 0.3) is 0 Å². The molecule has 0 radical (unpaired) electrons. The quantitative estimate of drug-likeness (QED) is 0.735. The zero-order valence-corrected chi connectivity index (χ0v) is 16.9. The number of unbranched alkanes of at least 4 members (excludes halogenated alkanes) is 1. The van der Waals surface area contributed by atoms with Crippen LogP contribution in [-0.4, -0.2) is 30.4 Å². The Labute approximate surface area is 170 Å². The number of hydrogen-bond donors (Lipinski definition) is 1. The van der Waals surface area contributed by atoms with E-state index in [-0.39, 0.29) is 30.1 Å². The Kier molecular flexibility index (Phi) is 6.86. The summed E-state index contributed by atoms with van der Waals surface area (Å²) >= 11 is 0. The van der Waals surface area contributed by atoms with Crippen LogP contribution in [0.5, 0.6) is 5.75 Å². The number of methoxy groups -OCH3 is 1. The molecule has 2 aromatic carbocycles. The molecule has 6 heteroatoms. The van der Waals surface area contributed by atoms with Crippen molar-refractivity contribution in [2.75, 3.05) is 13.7 Å². The number of carbonyl (C=O) groups is 2. The molecule has 1 aliphatic heterocycles. The Balaban J connectivity index is 1.78. The molecule has 0 bridgehead atoms. The number of carbonyl (C=O) groups excluding carboxylic acids is 2. The van der Waals surface area contributed by atoms with Gasteiger partial charge in [0.15, 0.2) is 0 Å². The Hall–Kier alpha value is -2.89. The van der Waals surface area contributed by atoms with Gasteiger partial charge in [-0.15, -0.1) is 0 Å². The van der Waals surface area contributed by atoms with E-state index in [0.29, 0.717) is 13.1 Å². The fourth-order valence-electron chi connectivity index (χ4n) is 3.75. The summed E-state index contributed by atoms with van der Waals surface area (Å²) in [5.74, 6) is -0.208. The predicted octanol–water partition coefficient (Wildman–Crippen LogP) is 3.84. The number of nitrogens with one attached hydrogen (secondary N) is 1. The molecule has 0 aliphatic carbocycles. The predicted molar refractivity (Wildman–Crippen MR) is 109 cm³/mol. The Morgan fingerprint density at radius 1 is 1.17 bits per heavy atom. The second kappa shape index (κ2) is 9.54. The van der Waals surface area contributed by atoms with Gasteiger partial charge in [-0.1, -0.05) is 37.6 Å². The number of amides is 2. The third kappa shape index (κ3) is 4.94. The Morgan fingerprint density at radius 2 is 1.86 bits per heavy atom. The van der Waals surface area contributed by atoms with Crippen molar-refractivity contribution in [1.82, 2.24) is 10.2 Å². The largest absolute Gasteiger partial charge is 0.497 e. The van der Waals surface area contributed by atoms with Gasteiger partial charge in [-0.3, -0.25) is 9.59 Å². The number of benzene rings is 2. The summed E-state index contributed by atoms with van der Waals surface area (Å²) in [7, 11) is 1.60. The Bertz CT molecular complexity index is 836. The summed E-state index contributed by atoms with van der Waals surface area (Å²) in [4.78, 5) is 27.5. The lowest BCUT2D eigenvalue weighted by molar-refractivity contribution is -0.129. The maximum atomic E-state index is 13.1. The summed E-state index contributed by atoms with van der Waals surface area (Å²) in [6.45, 7) is 3.01. The van der Waals surface area contributed by atoms with Crippen molar-refractivity contribution in [2.45, 2.75) is 38.8 Å². The van der Waals surface area contributed by atoms with Crippen LogP contribution in [0.2, 0.25) is 0 Å². The molecule has 2 unspecified atom stereocenters. The average Bonchev–Trinajstić information content (AvgIpc) is 3.07. The van der Waals surface area contributed by atoms with E-state index in [4.69, 9.17) is 4.74 Å². The van der Waals surface area contributed by atoms with Crippen LogP contribution in [0.15, 0.2) is 48.5 Å². The molecule has 0 aromatic heterocycles. The lowest BCUT2D eigenvalue weighted by Gasteiger charge is -2.28. The SMILES string of the molecule is CCCCN1C(=O)CC(C(=O)NCc2ccc(F)cc2)C1c1ccc(OC)cc1. The molecule has 1 N–H and O–H groups in total. The van der Waals surface area contributed by atoms with Crippen LogP contribution in [0.3, 0.4) is 0 Å². The standard InChI is InChI=1S/C23H27FN2O3/c1-3-4-13-26-21(27)14-20(22(26)17-7-11-19(29-2)12-8-17)23(28)25-15-16-5-9-18(24)10-6-16/h5-12,20,22H,3-4,13-15H2,1-2H3,(H,25,28). The smallest absolute Gasteiger partial charge is 0.226 e. The third-order valence-corrected chi connectivity index (χ3v) is 5.36. The van der Waals surface area contributed by atoms with Crippen molar-refractivity contribution < 1.29 is 18.7 Å². The van der Waals surface area contributed by atoms with Gasteiger partial charge in [0, 0.05) is 19.5 Å². The zero-order valence-electron chi connectivity index (χ0n) is 16.9. The minimum atomic E-state index is -0.465. The van der Waals surface area contributed by atoms with E-state index in [2.05, 4.69) is 12.2 Å². The summed E-state index contributed by atoms with van der Waals surface area (Å²) in [6.07, 6.45) is 2.05. The molecule has 154 valence electrons. The first-order valence-electron chi connectivity index (χ1n) is 9.99. The topological polar surface area (TPSA) is 58.6 Å². The van der Waals surface area contributed by atoms with Gasteiger partial charge in [-0.05, 0) is 41.8 Å². The zero-order chi connectivity index (χ0) is 20.8. The lowest BCUT2D eigenvalue weighted by atomic mass is 9.92. The molecule has 1 saturated heterocycles. The maximum absolute atomic E-state index is 13.1. The molecular weight excluding hydrogens is 371 g/mol. The minimum absolute atomic E-state index is 0.00111. The van der Waals surface area contributed by atoms with Crippen LogP contribution >= 0.6 is 0 Å². The van der Waals surface area contributed by atoms with Crippen molar-refractivity contribution in [2.24, 2.45) is 5.92 Å². The second-order valence-electron chi connectivity index (χ2n) is 7.31. The highest BCUT2D eigenvalue weighted by Crippen LogP contribution is 2.39.